The molecule has 4 heteroatoms. The van der Waals surface area contributed by atoms with Gasteiger partial charge in [-0.3, -0.25) is 9.52 Å². The molecule has 0 aromatic heterocycles. The fourth-order valence-corrected chi connectivity index (χ4v) is 1.43. The summed E-state index contributed by atoms with van der Waals surface area (Å²) in [6.45, 7) is 2.95. The van der Waals surface area contributed by atoms with Crippen LogP contribution in [-0.2, 0) is 22.5 Å². The van der Waals surface area contributed by atoms with Crippen molar-refractivity contribution in [1.29, 1.82) is 0 Å². The van der Waals surface area contributed by atoms with Crippen LogP contribution in [0, 0.1) is 0 Å². The third-order valence-electron chi connectivity index (χ3n) is 1.96. The van der Waals surface area contributed by atoms with Gasteiger partial charge in [-0.05, 0) is 18.1 Å². The highest BCUT2D eigenvalue weighted by Crippen LogP contribution is 2.06. The summed E-state index contributed by atoms with van der Waals surface area (Å²) >= 11 is 3.92. The van der Waals surface area contributed by atoms with Gasteiger partial charge in [0, 0.05) is 6.54 Å². The van der Waals surface area contributed by atoms with E-state index in [1.54, 1.807) is 6.92 Å². The van der Waals surface area contributed by atoms with E-state index in [4.69, 9.17) is 4.74 Å². The summed E-state index contributed by atoms with van der Waals surface area (Å²) in [5.41, 5.74) is 2.11. The SMILES string of the molecule is CCOC(=O)Cc1ccc(CNS)cc1. The zero-order valence-corrected chi connectivity index (χ0v) is 9.59. The molecule has 0 fully saturated rings. The van der Waals surface area contributed by atoms with Crippen LogP contribution in [0.25, 0.3) is 0 Å². The molecular weight excluding hydrogens is 210 g/mol. The predicted octanol–water partition coefficient (Wildman–Crippen LogP) is 1.73. The lowest BCUT2D eigenvalue weighted by molar-refractivity contribution is -0.142. The highest BCUT2D eigenvalue weighted by Gasteiger charge is 2.03. The molecule has 0 aliphatic heterocycles. The second kappa shape index (κ2) is 6.48. The van der Waals surface area contributed by atoms with Crippen LogP contribution < -0.4 is 4.72 Å². The second-order valence-corrected chi connectivity index (χ2v) is 3.45. The Hall–Kier alpha value is -1.00. The van der Waals surface area contributed by atoms with Crippen LogP contribution in [0.4, 0.5) is 0 Å². The minimum absolute atomic E-state index is 0.183. The van der Waals surface area contributed by atoms with Crippen LogP contribution in [0.1, 0.15) is 18.1 Å². The average molecular weight is 225 g/mol. The van der Waals surface area contributed by atoms with Crippen molar-refractivity contribution in [2.24, 2.45) is 0 Å². The van der Waals surface area contributed by atoms with Gasteiger partial charge in [0.05, 0.1) is 13.0 Å². The van der Waals surface area contributed by atoms with Crippen molar-refractivity contribution in [2.75, 3.05) is 6.61 Å². The summed E-state index contributed by atoms with van der Waals surface area (Å²) in [7, 11) is 0. The molecule has 0 atom stereocenters. The topological polar surface area (TPSA) is 38.3 Å². The second-order valence-electron chi connectivity index (χ2n) is 3.13. The van der Waals surface area contributed by atoms with Gasteiger partial charge in [-0.2, -0.15) is 0 Å². The maximum Gasteiger partial charge on any atom is 0.310 e. The highest BCUT2D eigenvalue weighted by molar-refractivity contribution is 7.78. The van der Waals surface area contributed by atoms with E-state index in [-0.39, 0.29) is 5.97 Å². The molecule has 1 N–H and O–H groups in total. The Labute approximate surface area is 95.4 Å². The summed E-state index contributed by atoms with van der Waals surface area (Å²) in [6.07, 6.45) is 0.336. The van der Waals surface area contributed by atoms with Crippen molar-refractivity contribution >= 4 is 18.8 Å². The molecule has 0 aliphatic rings. The number of ether oxygens (including phenoxy) is 1. The lowest BCUT2D eigenvalue weighted by Crippen LogP contribution is -2.07. The monoisotopic (exact) mass is 225 g/mol. The molecule has 0 spiro atoms. The minimum atomic E-state index is -0.183. The van der Waals surface area contributed by atoms with E-state index in [1.807, 2.05) is 24.3 Å². The molecule has 0 saturated heterocycles. The first-order valence-electron chi connectivity index (χ1n) is 4.86. The molecule has 0 heterocycles. The normalized spacial score (nSPS) is 10.0. The third kappa shape index (κ3) is 4.36. The molecule has 0 aliphatic carbocycles. The molecule has 1 aromatic carbocycles. The zero-order chi connectivity index (χ0) is 11.1. The van der Waals surface area contributed by atoms with Crippen LogP contribution in [0.5, 0.6) is 0 Å². The van der Waals surface area contributed by atoms with E-state index in [0.29, 0.717) is 19.6 Å². The van der Waals surface area contributed by atoms with Gasteiger partial charge in [0.2, 0.25) is 0 Å². The molecule has 3 nitrogen and oxygen atoms in total. The van der Waals surface area contributed by atoms with Gasteiger partial charge in [0.15, 0.2) is 0 Å². The van der Waals surface area contributed by atoms with Crippen molar-refractivity contribution in [3.8, 4) is 0 Å². The van der Waals surface area contributed by atoms with Crippen molar-refractivity contribution in [3.05, 3.63) is 35.4 Å². The fraction of sp³-hybridized carbons (Fsp3) is 0.364. The van der Waals surface area contributed by atoms with Crippen LogP contribution in [0.3, 0.4) is 0 Å². The van der Waals surface area contributed by atoms with Gasteiger partial charge >= 0.3 is 5.97 Å². The Balaban J connectivity index is 2.52. The smallest absolute Gasteiger partial charge is 0.310 e. The van der Waals surface area contributed by atoms with E-state index in [0.717, 1.165) is 11.1 Å². The van der Waals surface area contributed by atoms with Gasteiger partial charge in [0.25, 0.3) is 0 Å². The summed E-state index contributed by atoms with van der Waals surface area (Å²) in [5.74, 6) is -0.183. The number of hydrogen-bond donors (Lipinski definition) is 2. The molecule has 1 aromatic rings. The lowest BCUT2D eigenvalue weighted by atomic mass is 10.1. The molecule has 82 valence electrons. The number of hydrogen-bond acceptors (Lipinski definition) is 4. The van der Waals surface area contributed by atoms with Gasteiger partial charge < -0.3 is 4.74 Å². The minimum Gasteiger partial charge on any atom is -0.466 e. The maximum absolute atomic E-state index is 11.2. The Morgan fingerprint density at radius 3 is 2.47 bits per heavy atom. The van der Waals surface area contributed by atoms with Crippen molar-refractivity contribution in [2.45, 2.75) is 19.9 Å². The van der Waals surface area contributed by atoms with Crippen LogP contribution in [0.15, 0.2) is 24.3 Å². The van der Waals surface area contributed by atoms with Crippen LogP contribution in [-0.4, -0.2) is 12.6 Å². The number of rotatable bonds is 5. The lowest BCUT2D eigenvalue weighted by Gasteiger charge is -2.03. The molecule has 1 rings (SSSR count). The Morgan fingerprint density at radius 1 is 1.33 bits per heavy atom. The van der Waals surface area contributed by atoms with Crippen LogP contribution >= 0.6 is 12.8 Å². The summed E-state index contributed by atoms with van der Waals surface area (Å²) in [5, 5.41) is 0. The summed E-state index contributed by atoms with van der Waals surface area (Å²) < 4.78 is 7.63. The first-order valence-corrected chi connectivity index (χ1v) is 5.31. The molecule has 0 amide bonds. The summed E-state index contributed by atoms with van der Waals surface area (Å²) in [4.78, 5) is 11.2. The molecular formula is C11H15NO2S. The van der Waals surface area contributed by atoms with Crippen molar-refractivity contribution in [3.63, 3.8) is 0 Å². The van der Waals surface area contributed by atoms with E-state index >= 15 is 0 Å². The quantitative estimate of drug-likeness (QED) is 0.592. The molecule has 15 heavy (non-hydrogen) atoms. The van der Waals surface area contributed by atoms with E-state index < -0.39 is 0 Å². The van der Waals surface area contributed by atoms with Gasteiger partial charge in [-0.15, -0.1) is 0 Å². The largest absolute Gasteiger partial charge is 0.466 e. The number of carbonyl (C=O) groups excluding carboxylic acids is 1. The van der Waals surface area contributed by atoms with Gasteiger partial charge in [-0.1, -0.05) is 37.1 Å². The van der Waals surface area contributed by atoms with Crippen molar-refractivity contribution in [1.82, 2.24) is 4.72 Å². The summed E-state index contributed by atoms with van der Waals surface area (Å²) in [6, 6.07) is 7.80. The fourth-order valence-electron chi connectivity index (χ4n) is 1.24. The number of thiol groups is 1. The Kier molecular flexibility index (Phi) is 5.21. The van der Waals surface area contributed by atoms with Crippen molar-refractivity contribution < 1.29 is 9.53 Å². The molecule has 0 radical (unpaired) electrons. The average Bonchev–Trinajstić information content (AvgIpc) is 2.22. The van der Waals surface area contributed by atoms with Gasteiger partial charge in [-0.25, -0.2) is 0 Å². The Morgan fingerprint density at radius 2 is 1.93 bits per heavy atom. The number of esters is 1. The van der Waals surface area contributed by atoms with Crippen LogP contribution in [0.2, 0.25) is 0 Å². The Bertz CT molecular complexity index is 311. The van der Waals surface area contributed by atoms with Gasteiger partial charge in [0.1, 0.15) is 0 Å². The number of carbonyl (C=O) groups is 1. The standard InChI is InChI=1S/C11H15NO2S/c1-2-14-11(13)7-9-3-5-10(6-4-9)8-12-15/h3-6,12,15H,2,7-8H2,1H3. The first-order chi connectivity index (χ1) is 7.26. The number of benzene rings is 1. The van der Waals surface area contributed by atoms with E-state index in [2.05, 4.69) is 17.5 Å². The first kappa shape index (κ1) is 12.1. The molecule has 0 saturated carbocycles. The highest BCUT2D eigenvalue weighted by atomic mass is 32.1. The third-order valence-corrected chi connectivity index (χ3v) is 2.12. The number of nitrogens with one attached hydrogen (secondary N) is 1. The predicted molar refractivity (Wildman–Crippen MR) is 62.6 cm³/mol. The molecule has 0 unspecified atom stereocenters. The molecule has 0 bridgehead atoms. The van der Waals surface area contributed by atoms with E-state index in [9.17, 15) is 4.79 Å². The maximum atomic E-state index is 11.2. The van der Waals surface area contributed by atoms with E-state index in [1.165, 1.54) is 0 Å². The zero-order valence-electron chi connectivity index (χ0n) is 8.69.